The normalized spacial score (nSPS) is 11.3. The molecule has 0 fully saturated rings. The molecule has 0 unspecified atom stereocenters. The number of carbonyl (C=O) groups excluding carboxylic acids is 1. The van der Waals surface area contributed by atoms with Crippen molar-refractivity contribution in [3.05, 3.63) is 35.7 Å². The second-order valence-corrected chi connectivity index (χ2v) is 4.36. The van der Waals surface area contributed by atoms with Crippen LogP contribution in [-0.4, -0.2) is 28.9 Å². The number of aromatic amines is 1. The molecule has 0 aliphatic rings. The molecule has 22 heavy (non-hydrogen) atoms. The van der Waals surface area contributed by atoms with Gasteiger partial charge in [-0.05, 0) is 26.0 Å². The highest BCUT2D eigenvalue weighted by molar-refractivity contribution is 5.89. The Labute approximate surface area is 124 Å². The first-order valence-electron chi connectivity index (χ1n) is 6.40. The number of ether oxygens (including phenoxy) is 2. The van der Waals surface area contributed by atoms with E-state index in [0.29, 0.717) is 11.3 Å². The molecule has 0 amide bonds. The minimum absolute atomic E-state index is 0.0963. The first kappa shape index (κ1) is 15.9. The van der Waals surface area contributed by atoms with Gasteiger partial charge in [-0.25, -0.2) is 9.78 Å². The third-order valence-electron chi connectivity index (χ3n) is 2.69. The van der Waals surface area contributed by atoms with E-state index in [1.54, 1.807) is 19.9 Å². The predicted octanol–water partition coefficient (Wildman–Crippen LogP) is 3.46. The van der Waals surface area contributed by atoms with E-state index in [1.807, 2.05) is 0 Å². The molecule has 0 bridgehead atoms. The Morgan fingerprint density at radius 1 is 1.36 bits per heavy atom. The van der Waals surface area contributed by atoms with E-state index in [9.17, 15) is 18.0 Å². The number of imidazole rings is 1. The van der Waals surface area contributed by atoms with Gasteiger partial charge in [0, 0.05) is 11.3 Å². The zero-order chi connectivity index (χ0) is 16.3. The number of halogens is 3. The lowest BCUT2D eigenvalue weighted by atomic mass is 10.2. The van der Waals surface area contributed by atoms with Gasteiger partial charge < -0.3 is 14.5 Å². The number of aromatic nitrogens is 2. The first-order chi connectivity index (χ1) is 10.3. The third-order valence-corrected chi connectivity index (χ3v) is 2.69. The molecule has 8 heteroatoms. The smallest absolute Gasteiger partial charge is 0.461 e. The van der Waals surface area contributed by atoms with Gasteiger partial charge in [-0.15, -0.1) is 13.2 Å². The number of nitrogens with zero attached hydrogens (tertiary/aromatic N) is 1. The molecule has 0 radical (unpaired) electrons. The summed E-state index contributed by atoms with van der Waals surface area (Å²) in [5.74, 6) is -0.699. The van der Waals surface area contributed by atoms with E-state index in [2.05, 4.69) is 14.7 Å². The van der Waals surface area contributed by atoms with Crippen LogP contribution in [0.5, 0.6) is 5.75 Å². The fourth-order valence-corrected chi connectivity index (χ4v) is 1.84. The van der Waals surface area contributed by atoms with Crippen LogP contribution in [0.3, 0.4) is 0 Å². The molecule has 1 heterocycles. The molecule has 0 saturated carbocycles. The summed E-state index contributed by atoms with van der Waals surface area (Å²) in [4.78, 5) is 18.6. The molecule has 1 N–H and O–H groups in total. The number of carbonyl (C=O) groups is 1. The number of H-pyrrole nitrogens is 1. The summed E-state index contributed by atoms with van der Waals surface area (Å²) in [5, 5.41) is 0. The lowest BCUT2D eigenvalue weighted by Crippen LogP contribution is -2.17. The van der Waals surface area contributed by atoms with Gasteiger partial charge in [0.05, 0.1) is 6.61 Å². The molecule has 1 aromatic heterocycles. The molecule has 5 nitrogen and oxygen atoms in total. The van der Waals surface area contributed by atoms with E-state index in [-0.39, 0.29) is 23.9 Å². The number of esters is 1. The minimum Gasteiger partial charge on any atom is -0.461 e. The van der Waals surface area contributed by atoms with Crippen molar-refractivity contribution >= 4 is 5.97 Å². The quantitative estimate of drug-likeness (QED) is 0.878. The van der Waals surface area contributed by atoms with Crippen molar-refractivity contribution in [2.24, 2.45) is 0 Å². The molecular formula is C14H13F3N2O3. The van der Waals surface area contributed by atoms with Crippen molar-refractivity contribution in [1.29, 1.82) is 0 Å². The molecule has 0 aliphatic carbocycles. The van der Waals surface area contributed by atoms with E-state index < -0.39 is 12.3 Å². The van der Waals surface area contributed by atoms with Gasteiger partial charge in [-0.2, -0.15) is 0 Å². The number of rotatable bonds is 4. The molecule has 2 aromatic rings. The van der Waals surface area contributed by atoms with Gasteiger partial charge in [0.25, 0.3) is 0 Å². The van der Waals surface area contributed by atoms with Crippen molar-refractivity contribution in [3.63, 3.8) is 0 Å². The molecule has 0 atom stereocenters. The highest BCUT2D eigenvalue weighted by atomic mass is 19.4. The van der Waals surface area contributed by atoms with Crippen molar-refractivity contribution in [3.8, 4) is 17.1 Å². The standard InChI is InChI=1S/C14H13F3N2O3/c1-3-21-13(20)11-8(2)18-12(19-11)9-5-4-6-10(7-9)22-14(15,16)17/h4-7H,3H2,1-2H3,(H,18,19). The highest BCUT2D eigenvalue weighted by Crippen LogP contribution is 2.27. The van der Waals surface area contributed by atoms with Crippen LogP contribution in [0.4, 0.5) is 13.2 Å². The molecule has 0 spiro atoms. The molecule has 118 valence electrons. The van der Waals surface area contributed by atoms with E-state index in [4.69, 9.17) is 4.74 Å². The van der Waals surface area contributed by atoms with Crippen LogP contribution < -0.4 is 4.74 Å². The third kappa shape index (κ3) is 3.78. The summed E-state index contributed by atoms with van der Waals surface area (Å²) in [6.07, 6.45) is -4.77. The average Bonchev–Trinajstić information content (AvgIpc) is 2.79. The van der Waals surface area contributed by atoms with Crippen molar-refractivity contribution in [2.45, 2.75) is 20.2 Å². The number of alkyl halides is 3. The van der Waals surface area contributed by atoms with Gasteiger partial charge in [-0.3, -0.25) is 0 Å². The number of hydrogen-bond donors (Lipinski definition) is 1. The minimum atomic E-state index is -4.77. The highest BCUT2D eigenvalue weighted by Gasteiger charge is 2.31. The van der Waals surface area contributed by atoms with Crippen LogP contribution >= 0.6 is 0 Å². The summed E-state index contributed by atoms with van der Waals surface area (Å²) in [6.45, 7) is 3.49. The Bertz CT molecular complexity index is 680. The summed E-state index contributed by atoms with van der Waals surface area (Å²) in [6, 6.07) is 5.31. The predicted molar refractivity (Wildman–Crippen MR) is 71.4 cm³/mol. The van der Waals surface area contributed by atoms with Crippen molar-refractivity contribution in [2.75, 3.05) is 6.61 Å². The molecule has 0 aliphatic heterocycles. The largest absolute Gasteiger partial charge is 0.573 e. The Balaban J connectivity index is 2.31. The Hall–Kier alpha value is -2.51. The Kier molecular flexibility index (Phi) is 4.39. The van der Waals surface area contributed by atoms with Gasteiger partial charge in [0.15, 0.2) is 5.69 Å². The maximum Gasteiger partial charge on any atom is 0.573 e. The number of hydrogen-bond acceptors (Lipinski definition) is 4. The van der Waals surface area contributed by atoms with Crippen molar-refractivity contribution < 1.29 is 27.4 Å². The second-order valence-electron chi connectivity index (χ2n) is 4.36. The van der Waals surface area contributed by atoms with Crippen LogP contribution in [0, 0.1) is 6.92 Å². The Morgan fingerprint density at radius 2 is 2.09 bits per heavy atom. The lowest BCUT2D eigenvalue weighted by molar-refractivity contribution is -0.274. The summed E-state index contributed by atoms with van der Waals surface area (Å²) in [7, 11) is 0. The van der Waals surface area contributed by atoms with Gasteiger partial charge in [-0.1, -0.05) is 12.1 Å². The number of nitrogens with one attached hydrogen (secondary N) is 1. The Morgan fingerprint density at radius 3 is 2.73 bits per heavy atom. The van der Waals surface area contributed by atoms with Crippen LogP contribution in [0.15, 0.2) is 24.3 Å². The molecule has 2 rings (SSSR count). The first-order valence-corrected chi connectivity index (χ1v) is 6.40. The zero-order valence-electron chi connectivity index (χ0n) is 11.8. The summed E-state index contributed by atoms with van der Waals surface area (Å²) < 4.78 is 45.4. The fraction of sp³-hybridized carbons (Fsp3) is 0.286. The lowest BCUT2D eigenvalue weighted by Gasteiger charge is -2.09. The van der Waals surface area contributed by atoms with E-state index in [0.717, 1.165) is 0 Å². The fourth-order valence-electron chi connectivity index (χ4n) is 1.84. The maximum absolute atomic E-state index is 12.2. The van der Waals surface area contributed by atoms with Gasteiger partial charge in [0.2, 0.25) is 0 Å². The van der Waals surface area contributed by atoms with E-state index in [1.165, 1.54) is 18.2 Å². The van der Waals surface area contributed by atoms with E-state index >= 15 is 0 Å². The zero-order valence-corrected chi connectivity index (χ0v) is 11.8. The van der Waals surface area contributed by atoms with Crippen molar-refractivity contribution in [1.82, 2.24) is 9.97 Å². The number of benzene rings is 1. The SMILES string of the molecule is CCOC(=O)c1nc(-c2cccc(OC(F)(F)F)c2)[nH]c1C. The van der Waals surface area contributed by atoms with Gasteiger partial charge in [0.1, 0.15) is 11.6 Å². The van der Waals surface area contributed by atoms with Crippen LogP contribution in [0.1, 0.15) is 23.1 Å². The van der Waals surface area contributed by atoms with Gasteiger partial charge >= 0.3 is 12.3 Å². The molecule has 0 saturated heterocycles. The molecular weight excluding hydrogens is 301 g/mol. The summed E-state index contributed by atoms with van der Waals surface area (Å²) in [5.41, 5.74) is 0.926. The topological polar surface area (TPSA) is 64.2 Å². The monoisotopic (exact) mass is 314 g/mol. The summed E-state index contributed by atoms with van der Waals surface area (Å²) >= 11 is 0. The van der Waals surface area contributed by atoms with Crippen LogP contribution in [-0.2, 0) is 4.74 Å². The average molecular weight is 314 g/mol. The second kappa shape index (κ2) is 6.08. The maximum atomic E-state index is 12.2. The van der Waals surface area contributed by atoms with Crippen LogP contribution in [0.2, 0.25) is 0 Å². The molecule has 1 aromatic carbocycles. The number of aryl methyl sites for hydroxylation is 1. The van der Waals surface area contributed by atoms with Crippen LogP contribution in [0.25, 0.3) is 11.4 Å².